The first kappa shape index (κ1) is 8.01. The summed E-state index contributed by atoms with van der Waals surface area (Å²) in [5.41, 5.74) is 0.850. The van der Waals surface area contributed by atoms with Gasteiger partial charge < -0.3 is 0 Å². The summed E-state index contributed by atoms with van der Waals surface area (Å²) in [7, 11) is -0.0702. The summed E-state index contributed by atoms with van der Waals surface area (Å²) in [6.07, 6.45) is 0. The summed E-state index contributed by atoms with van der Waals surface area (Å²) in [5, 5.41) is 0. The predicted molar refractivity (Wildman–Crippen MR) is 42.6 cm³/mol. The van der Waals surface area contributed by atoms with E-state index in [4.69, 9.17) is 22.7 Å². The normalized spacial score (nSPS) is 13.7. The lowest BCUT2D eigenvalue weighted by molar-refractivity contribution is 2.00. The first-order valence-electron chi connectivity index (χ1n) is 2.31. The van der Waals surface area contributed by atoms with E-state index in [-0.39, 0.29) is 9.04 Å². The van der Waals surface area contributed by atoms with Gasteiger partial charge in [-0.3, -0.25) is 0 Å². The van der Waals surface area contributed by atoms with Gasteiger partial charge >= 0.3 is 0 Å². The van der Waals surface area contributed by atoms with Crippen molar-refractivity contribution in [2.75, 3.05) is 5.50 Å². The predicted octanol–water partition coefficient (Wildman–Crippen LogP) is 1.29. The summed E-state index contributed by atoms with van der Waals surface area (Å²) >= 11 is 11.4. The molecule has 0 bridgehead atoms. The highest BCUT2D eigenvalue weighted by molar-refractivity contribution is 7.47. The highest BCUT2D eigenvalue weighted by Crippen LogP contribution is 2.04. The van der Waals surface area contributed by atoms with Gasteiger partial charge in [0, 0.05) is 5.50 Å². The average Bonchev–Trinajstić information content (AvgIpc) is 1.30. The molecule has 0 aliphatic rings. The Morgan fingerprint density at radius 2 is 2.00 bits per heavy atom. The van der Waals surface area contributed by atoms with Crippen LogP contribution in [0.2, 0.25) is 13.1 Å². The van der Waals surface area contributed by atoms with E-state index in [9.17, 15) is 0 Å². The number of rotatable bonds is 2. The van der Waals surface area contributed by atoms with E-state index < -0.39 is 6.90 Å². The first-order valence-corrected chi connectivity index (χ1v) is 10.2. The molecule has 0 rings (SSSR count). The summed E-state index contributed by atoms with van der Waals surface area (Å²) < 4.78 is 0. The van der Waals surface area contributed by atoms with Crippen LogP contribution in [-0.4, -0.2) is 21.4 Å². The molecule has 7 heavy (non-hydrogen) atoms. The van der Waals surface area contributed by atoms with Gasteiger partial charge in [-0.1, -0.05) is 13.1 Å². The maximum Gasteiger partial charge on any atom is 0.135 e. The third-order valence-electron chi connectivity index (χ3n) is 0.689. The van der Waals surface area contributed by atoms with E-state index in [0.29, 0.717) is 0 Å². The molecule has 0 aromatic carbocycles. The van der Waals surface area contributed by atoms with E-state index in [1.54, 1.807) is 0 Å². The van der Waals surface area contributed by atoms with Gasteiger partial charge in [0.05, 0.1) is 9.04 Å². The lowest BCUT2D eigenvalue weighted by Crippen LogP contribution is -2.28. The molecule has 0 radical (unpaired) electrons. The van der Waals surface area contributed by atoms with Crippen molar-refractivity contribution < 1.29 is 0 Å². The number of halogens is 2. The third-order valence-corrected chi connectivity index (χ3v) is 9.60. The molecule has 0 unspecified atom stereocenters. The minimum Gasteiger partial charge on any atom is -0.172 e. The number of alkyl halides is 1. The summed E-state index contributed by atoms with van der Waals surface area (Å²) in [6, 6.07) is 0. The van der Waals surface area contributed by atoms with Crippen LogP contribution in [0.4, 0.5) is 0 Å². The number of hydrogen-bond donors (Lipinski definition) is 0. The van der Waals surface area contributed by atoms with Gasteiger partial charge in [0.1, 0.15) is 6.90 Å². The molecule has 0 fully saturated rings. The second-order valence-corrected chi connectivity index (χ2v) is 18.8. The van der Waals surface area contributed by atoms with Crippen molar-refractivity contribution in [2.24, 2.45) is 0 Å². The molecular formula is C3H10Cl2Si2. The lowest BCUT2D eigenvalue weighted by atomic mass is 11.9. The van der Waals surface area contributed by atoms with Crippen LogP contribution in [0, 0.1) is 0 Å². The molecule has 4 heteroatoms. The second kappa shape index (κ2) is 3.12. The maximum atomic E-state index is 5.95. The van der Waals surface area contributed by atoms with Crippen LogP contribution in [0.1, 0.15) is 0 Å². The lowest BCUT2D eigenvalue weighted by Gasteiger charge is -2.06. The molecule has 0 aromatic rings. The molecule has 0 saturated heterocycles. The zero-order chi connectivity index (χ0) is 5.91. The van der Waals surface area contributed by atoms with Crippen molar-refractivity contribution in [3.05, 3.63) is 0 Å². The van der Waals surface area contributed by atoms with Gasteiger partial charge in [-0.05, 0) is 0 Å². The van der Waals surface area contributed by atoms with Crippen molar-refractivity contribution in [3.8, 4) is 0 Å². The van der Waals surface area contributed by atoms with Gasteiger partial charge in [-0.2, -0.15) is 11.1 Å². The van der Waals surface area contributed by atoms with Crippen LogP contribution in [0.5, 0.6) is 0 Å². The minimum atomic E-state index is -1.18. The Balaban J connectivity index is 3.15. The Hall–Kier alpha value is 1.01. The first-order chi connectivity index (χ1) is 3.06. The maximum absolute atomic E-state index is 5.95. The second-order valence-electron chi connectivity index (χ2n) is 2.16. The molecule has 0 aromatic heterocycles. The Morgan fingerprint density at radius 3 is 2.00 bits per heavy atom. The molecule has 0 N–H and O–H groups in total. The Bertz CT molecular complexity index is 49.4. The highest BCUT2D eigenvalue weighted by Gasteiger charge is 2.14. The van der Waals surface area contributed by atoms with Crippen LogP contribution >= 0.6 is 22.7 Å². The molecule has 0 amide bonds. The topological polar surface area (TPSA) is 0 Å². The molecular weight excluding hydrogens is 163 g/mol. The number of hydrogen-bond acceptors (Lipinski definition) is 0. The molecule has 0 atom stereocenters. The van der Waals surface area contributed by atoms with Crippen molar-refractivity contribution >= 4 is 38.6 Å². The van der Waals surface area contributed by atoms with Crippen LogP contribution in [0.15, 0.2) is 0 Å². The van der Waals surface area contributed by atoms with Gasteiger partial charge in [-0.15, -0.1) is 11.6 Å². The molecule has 0 aliphatic heterocycles. The van der Waals surface area contributed by atoms with Crippen LogP contribution < -0.4 is 0 Å². The Morgan fingerprint density at radius 1 is 1.57 bits per heavy atom. The van der Waals surface area contributed by atoms with Crippen LogP contribution in [0.3, 0.4) is 0 Å². The van der Waals surface area contributed by atoms with Gasteiger partial charge in [-0.25, -0.2) is 0 Å². The molecule has 0 spiro atoms. The fourth-order valence-electron chi connectivity index (χ4n) is 0.225. The molecule has 0 nitrogen and oxygen atoms in total. The Labute approximate surface area is 57.5 Å². The zero-order valence-corrected chi connectivity index (χ0v) is 8.60. The van der Waals surface area contributed by atoms with Crippen LogP contribution in [0.25, 0.3) is 0 Å². The van der Waals surface area contributed by atoms with Crippen molar-refractivity contribution in [1.82, 2.24) is 0 Å². The SMILES string of the molecule is C[Si](C)(Cl)[SiH2]CCl. The summed E-state index contributed by atoms with van der Waals surface area (Å²) in [6.45, 7) is 3.13. The van der Waals surface area contributed by atoms with E-state index in [0.717, 1.165) is 5.50 Å². The van der Waals surface area contributed by atoms with E-state index >= 15 is 0 Å². The van der Waals surface area contributed by atoms with Gasteiger partial charge in [0.25, 0.3) is 0 Å². The smallest absolute Gasteiger partial charge is 0.135 e. The van der Waals surface area contributed by atoms with Crippen LogP contribution in [-0.2, 0) is 0 Å². The molecule has 0 aliphatic carbocycles. The largest absolute Gasteiger partial charge is 0.172 e. The van der Waals surface area contributed by atoms with E-state index in [1.807, 2.05) is 0 Å². The minimum absolute atomic E-state index is 0.0702. The molecule has 0 saturated carbocycles. The fraction of sp³-hybridized carbons (Fsp3) is 1.00. The quantitative estimate of drug-likeness (QED) is 0.335. The fourth-order valence-corrected chi connectivity index (χ4v) is 8.00. The summed E-state index contributed by atoms with van der Waals surface area (Å²) in [4.78, 5) is 0. The van der Waals surface area contributed by atoms with Gasteiger partial charge in [0.2, 0.25) is 0 Å². The van der Waals surface area contributed by atoms with E-state index in [1.165, 1.54) is 0 Å². The Kier molecular flexibility index (Phi) is 3.57. The van der Waals surface area contributed by atoms with Crippen molar-refractivity contribution in [1.29, 1.82) is 0 Å². The van der Waals surface area contributed by atoms with Crippen molar-refractivity contribution in [2.45, 2.75) is 13.1 Å². The zero-order valence-electron chi connectivity index (χ0n) is 4.67. The van der Waals surface area contributed by atoms with Gasteiger partial charge in [0.15, 0.2) is 0 Å². The average molecular weight is 173 g/mol. The van der Waals surface area contributed by atoms with E-state index in [2.05, 4.69) is 13.1 Å². The molecule has 0 heterocycles. The standard InChI is InChI=1S/C3H10Cl2Si2/c1-7(2,5)6-3-4/h3,6H2,1-2H3. The van der Waals surface area contributed by atoms with Crippen molar-refractivity contribution in [3.63, 3.8) is 0 Å². The molecule has 44 valence electrons. The summed E-state index contributed by atoms with van der Waals surface area (Å²) in [5.74, 6) is 0. The third kappa shape index (κ3) is 7.01. The monoisotopic (exact) mass is 172 g/mol. The highest BCUT2D eigenvalue weighted by atomic mass is 35.6.